The number of halogens is 3. The molecular weight excluding hydrogens is 453 g/mol. The molecule has 0 fully saturated rings. The maximum absolute atomic E-state index is 14.5. The number of nitrogens with zero attached hydrogens (tertiary/aromatic N) is 6. The fourth-order valence-electron chi connectivity index (χ4n) is 3.45. The fourth-order valence-corrected chi connectivity index (χ4v) is 3.45. The summed E-state index contributed by atoms with van der Waals surface area (Å²) in [5.41, 5.74) is 1.47. The van der Waals surface area contributed by atoms with E-state index in [1.165, 1.54) is 24.1 Å². The van der Waals surface area contributed by atoms with Crippen LogP contribution < -0.4 is 4.90 Å². The predicted octanol–water partition coefficient (Wildman–Crippen LogP) is 3.57. The number of carboxylic acid groups (broad SMARTS) is 1. The highest BCUT2D eigenvalue weighted by atomic mass is 19.1. The first-order valence-corrected chi connectivity index (χ1v) is 10.2. The molecule has 4 rings (SSSR count). The molecule has 34 heavy (non-hydrogen) atoms. The van der Waals surface area contributed by atoms with Crippen LogP contribution in [0.4, 0.5) is 19.0 Å². The van der Waals surface area contributed by atoms with Crippen molar-refractivity contribution in [3.63, 3.8) is 0 Å². The van der Waals surface area contributed by atoms with E-state index >= 15 is 0 Å². The minimum Gasteiger partial charge on any atom is -0.480 e. The van der Waals surface area contributed by atoms with Gasteiger partial charge in [0.2, 0.25) is 0 Å². The molecular formula is C22H19F3N6O3. The lowest BCUT2D eigenvalue weighted by molar-refractivity contribution is -0.138. The van der Waals surface area contributed by atoms with Gasteiger partial charge in [0.05, 0.1) is 25.1 Å². The molecule has 1 unspecified atom stereocenters. The highest BCUT2D eigenvalue weighted by Gasteiger charge is 2.27. The van der Waals surface area contributed by atoms with Crippen LogP contribution >= 0.6 is 0 Å². The van der Waals surface area contributed by atoms with Crippen molar-refractivity contribution in [1.29, 1.82) is 0 Å². The molecule has 12 heteroatoms. The normalized spacial score (nSPS) is 12.0. The van der Waals surface area contributed by atoms with Crippen molar-refractivity contribution in [3.05, 3.63) is 66.1 Å². The molecule has 0 radical (unpaired) electrons. The Labute approximate surface area is 191 Å². The van der Waals surface area contributed by atoms with Gasteiger partial charge in [-0.2, -0.15) is 5.10 Å². The van der Waals surface area contributed by atoms with Crippen molar-refractivity contribution >= 4 is 11.8 Å². The first kappa shape index (κ1) is 23.0. The van der Waals surface area contributed by atoms with E-state index in [2.05, 4.69) is 20.2 Å². The van der Waals surface area contributed by atoms with E-state index in [0.29, 0.717) is 17.0 Å². The Kier molecular flexibility index (Phi) is 6.57. The third-order valence-corrected chi connectivity index (χ3v) is 5.18. The Bertz CT molecular complexity index is 1300. The lowest BCUT2D eigenvalue weighted by atomic mass is 10.2. The molecule has 1 aromatic carbocycles. The first-order valence-electron chi connectivity index (χ1n) is 10.2. The molecule has 0 aliphatic carbocycles. The smallest absolute Gasteiger partial charge is 0.326 e. The summed E-state index contributed by atoms with van der Waals surface area (Å²) in [7, 11) is 1.31. The summed E-state index contributed by atoms with van der Waals surface area (Å²) in [6.45, 7) is -0.844. The number of carboxylic acids is 1. The zero-order chi connectivity index (χ0) is 24.2. The number of likely N-dealkylation sites (N-methyl/N-ethyl adjacent to an activating group) is 1. The van der Waals surface area contributed by atoms with Gasteiger partial charge in [-0.25, -0.2) is 23.5 Å². The highest BCUT2D eigenvalue weighted by Crippen LogP contribution is 2.27. The minimum absolute atomic E-state index is 0.00957. The lowest BCUT2D eigenvalue weighted by Crippen LogP contribution is -2.40. The maximum atomic E-state index is 14.5. The number of benzene rings is 1. The Morgan fingerprint density at radius 3 is 2.68 bits per heavy atom. The molecule has 3 heterocycles. The molecule has 0 saturated carbocycles. The molecule has 9 nitrogen and oxygen atoms in total. The van der Waals surface area contributed by atoms with Crippen molar-refractivity contribution < 1.29 is 27.6 Å². The zero-order valence-corrected chi connectivity index (χ0v) is 17.9. The molecule has 3 aromatic heterocycles. The van der Waals surface area contributed by atoms with Crippen molar-refractivity contribution in [2.45, 2.75) is 19.0 Å². The van der Waals surface area contributed by atoms with E-state index in [-0.39, 0.29) is 30.3 Å². The quantitative estimate of drug-likeness (QED) is 0.394. The van der Waals surface area contributed by atoms with E-state index in [4.69, 9.17) is 4.52 Å². The zero-order valence-electron chi connectivity index (χ0n) is 17.9. The summed E-state index contributed by atoms with van der Waals surface area (Å²) in [4.78, 5) is 20.7. The summed E-state index contributed by atoms with van der Waals surface area (Å²) in [6, 6.07) is 8.05. The van der Waals surface area contributed by atoms with Crippen LogP contribution in [-0.4, -0.2) is 55.7 Å². The third kappa shape index (κ3) is 4.60. The minimum atomic E-state index is -1.33. The van der Waals surface area contributed by atoms with Crippen LogP contribution in [0.2, 0.25) is 0 Å². The fraction of sp³-hybridized carbons (Fsp3) is 0.227. The highest BCUT2D eigenvalue weighted by molar-refractivity contribution is 5.77. The molecule has 0 bridgehead atoms. The Morgan fingerprint density at radius 1 is 1.21 bits per heavy atom. The van der Waals surface area contributed by atoms with E-state index in [1.807, 2.05) is 0 Å². The molecule has 0 aliphatic heterocycles. The molecule has 1 N–H and O–H groups in total. The number of aromatic nitrogens is 5. The predicted molar refractivity (Wildman–Crippen MR) is 115 cm³/mol. The number of hydrogen-bond acceptors (Lipinski definition) is 7. The standard InChI is InChI=1S/C22H19F3N6O3/c1-30(18(6-8-23)22(32)33)21-15(25)11-26-20(27-21)17-10-19(16-7-9-34-29-16)31(28-17)12-13-4-2-3-5-14(13)24/h2-5,7,9-11,18H,6,8,12H2,1H3,(H,32,33). The summed E-state index contributed by atoms with van der Waals surface area (Å²) in [5, 5.41) is 17.7. The molecule has 0 aliphatic rings. The SMILES string of the molecule is CN(c1nc(-c2cc(-c3ccon3)n(Cc3ccccc3F)n2)ncc1F)C(CCF)C(=O)O. The van der Waals surface area contributed by atoms with Crippen LogP contribution in [-0.2, 0) is 11.3 Å². The summed E-state index contributed by atoms with van der Waals surface area (Å²) < 4.78 is 48.0. The Hall–Kier alpha value is -4.22. The van der Waals surface area contributed by atoms with Crippen LogP contribution in [0.5, 0.6) is 0 Å². The van der Waals surface area contributed by atoms with E-state index in [0.717, 1.165) is 11.1 Å². The van der Waals surface area contributed by atoms with Gasteiger partial charge in [-0.3, -0.25) is 9.07 Å². The maximum Gasteiger partial charge on any atom is 0.326 e. The lowest BCUT2D eigenvalue weighted by Gasteiger charge is -2.25. The largest absolute Gasteiger partial charge is 0.480 e. The first-order chi connectivity index (χ1) is 16.4. The molecule has 4 aromatic rings. The second kappa shape index (κ2) is 9.73. The van der Waals surface area contributed by atoms with E-state index in [1.54, 1.807) is 30.3 Å². The van der Waals surface area contributed by atoms with Gasteiger partial charge in [0.25, 0.3) is 0 Å². The van der Waals surface area contributed by atoms with Crippen LogP contribution in [0, 0.1) is 11.6 Å². The van der Waals surface area contributed by atoms with Gasteiger partial charge in [0, 0.05) is 25.1 Å². The van der Waals surface area contributed by atoms with Gasteiger partial charge in [-0.15, -0.1) is 0 Å². The average Bonchev–Trinajstić information content (AvgIpc) is 3.49. The number of anilines is 1. The van der Waals surface area contributed by atoms with Crippen LogP contribution in [0.1, 0.15) is 12.0 Å². The number of aliphatic carboxylic acids is 1. The molecule has 1 atom stereocenters. The van der Waals surface area contributed by atoms with Crippen LogP contribution in [0.25, 0.3) is 22.9 Å². The number of alkyl halides is 1. The van der Waals surface area contributed by atoms with Crippen LogP contribution in [0.3, 0.4) is 0 Å². The number of carbonyl (C=O) groups is 1. The van der Waals surface area contributed by atoms with Crippen LogP contribution in [0.15, 0.2) is 53.4 Å². The van der Waals surface area contributed by atoms with Crippen molar-refractivity contribution in [2.75, 3.05) is 18.6 Å². The van der Waals surface area contributed by atoms with Gasteiger partial charge in [-0.1, -0.05) is 23.4 Å². The van der Waals surface area contributed by atoms with Gasteiger partial charge in [0.15, 0.2) is 17.5 Å². The average molecular weight is 472 g/mol. The molecule has 0 amide bonds. The van der Waals surface area contributed by atoms with Crippen molar-refractivity contribution in [2.24, 2.45) is 0 Å². The summed E-state index contributed by atoms with van der Waals surface area (Å²) in [5.74, 6) is -2.94. The topological polar surface area (TPSA) is 110 Å². The number of hydrogen-bond donors (Lipinski definition) is 1. The van der Waals surface area contributed by atoms with Crippen molar-refractivity contribution in [3.8, 4) is 22.9 Å². The number of rotatable bonds is 9. The van der Waals surface area contributed by atoms with Gasteiger partial charge in [-0.05, 0) is 12.1 Å². The van der Waals surface area contributed by atoms with Gasteiger partial charge < -0.3 is 14.5 Å². The molecule has 0 saturated heterocycles. The molecule has 176 valence electrons. The van der Waals surface area contributed by atoms with Gasteiger partial charge >= 0.3 is 5.97 Å². The monoisotopic (exact) mass is 472 g/mol. The Balaban J connectivity index is 1.75. The van der Waals surface area contributed by atoms with E-state index < -0.39 is 30.3 Å². The van der Waals surface area contributed by atoms with E-state index in [9.17, 15) is 23.1 Å². The second-order valence-electron chi connectivity index (χ2n) is 7.36. The molecule has 0 spiro atoms. The van der Waals surface area contributed by atoms with Crippen molar-refractivity contribution in [1.82, 2.24) is 24.9 Å². The Morgan fingerprint density at radius 2 is 2.00 bits per heavy atom. The summed E-state index contributed by atoms with van der Waals surface area (Å²) in [6.07, 6.45) is 1.90. The third-order valence-electron chi connectivity index (χ3n) is 5.18. The second-order valence-corrected chi connectivity index (χ2v) is 7.36. The summed E-state index contributed by atoms with van der Waals surface area (Å²) >= 11 is 0. The van der Waals surface area contributed by atoms with Gasteiger partial charge in [0.1, 0.15) is 29.5 Å².